The van der Waals surface area contributed by atoms with E-state index >= 15 is 0 Å². The molecule has 0 radical (unpaired) electrons. The highest BCUT2D eigenvalue weighted by Gasteiger charge is 2.45. The summed E-state index contributed by atoms with van der Waals surface area (Å²) in [6.45, 7) is 5.08. The van der Waals surface area contributed by atoms with Gasteiger partial charge in [-0.3, -0.25) is 4.57 Å². The highest BCUT2D eigenvalue weighted by molar-refractivity contribution is 5.52. The number of anilines is 2. The second kappa shape index (κ2) is 10.2. The molecule has 3 aliphatic heterocycles. The van der Waals surface area contributed by atoms with Gasteiger partial charge in [-0.25, -0.2) is 4.98 Å². The lowest BCUT2D eigenvalue weighted by molar-refractivity contribution is -0.389. The SMILES string of the molecule is O=[N+]([O-])c1cn2c(n1)OC[C@@H](NCc1ccc(N3CCC4(CC3)CN(c3ccc(OC(F)(F)F)cc3)C4)nc1)C2. The Hall–Kier alpha value is -4.07. The van der Waals surface area contributed by atoms with Gasteiger partial charge in [-0.2, -0.15) is 0 Å². The van der Waals surface area contributed by atoms with Gasteiger partial charge in [-0.05, 0) is 53.7 Å². The van der Waals surface area contributed by atoms with Crippen LogP contribution >= 0.6 is 0 Å². The van der Waals surface area contributed by atoms with Crippen LogP contribution in [0.25, 0.3) is 0 Å². The number of nitrogens with one attached hydrogen (secondary N) is 1. The molecule has 40 heavy (non-hydrogen) atoms. The summed E-state index contributed by atoms with van der Waals surface area (Å²) in [5.74, 6) is 0.506. The van der Waals surface area contributed by atoms with Crippen molar-refractivity contribution in [2.75, 3.05) is 42.6 Å². The summed E-state index contributed by atoms with van der Waals surface area (Å²) in [4.78, 5) is 23.4. The third-order valence-corrected chi connectivity index (χ3v) is 7.79. The number of halogens is 3. The Morgan fingerprint density at radius 2 is 1.88 bits per heavy atom. The number of hydrogen-bond acceptors (Lipinski definition) is 9. The molecule has 1 N–H and O–H groups in total. The second-order valence-electron chi connectivity index (χ2n) is 10.6. The van der Waals surface area contributed by atoms with Gasteiger partial charge >= 0.3 is 18.2 Å². The van der Waals surface area contributed by atoms with Gasteiger partial charge in [0.2, 0.25) is 0 Å². The summed E-state index contributed by atoms with van der Waals surface area (Å²) in [7, 11) is 0. The van der Waals surface area contributed by atoms with E-state index in [2.05, 4.69) is 29.8 Å². The van der Waals surface area contributed by atoms with E-state index in [0.717, 1.165) is 56.1 Å². The molecule has 0 unspecified atom stereocenters. The number of benzene rings is 1. The van der Waals surface area contributed by atoms with Crippen molar-refractivity contribution >= 4 is 17.3 Å². The molecule has 0 bridgehead atoms. The maximum Gasteiger partial charge on any atom is 0.573 e. The summed E-state index contributed by atoms with van der Waals surface area (Å²) < 4.78 is 48.3. The Morgan fingerprint density at radius 3 is 2.52 bits per heavy atom. The standard InChI is InChI=1S/C26H28F3N7O4/c27-26(28,29)40-21-4-2-20(3-5-21)35-16-25(17-35)7-9-33(10-8-25)22-6-1-18(12-31-22)11-30-19-13-34-14-23(36(37)38)32-24(34)39-15-19/h1-6,12,14,19,30H,7-11,13,15-17H2/t19-/m0/s1. The smallest absolute Gasteiger partial charge is 0.444 e. The van der Waals surface area contributed by atoms with Gasteiger partial charge in [-0.15, -0.1) is 13.2 Å². The van der Waals surface area contributed by atoms with E-state index in [1.807, 2.05) is 18.3 Å². The van der Waals surface area contributed by atoms with Crippen LogP contribution in [0.5, 0.6) is 11.8 Å². The van der Waals surface area contributed by atoms with Gasteiger partial charge in [0.25, 0.3) is 0 Å². The number of ether oxygens (including phenoxy) is 2. The fourth-order valence-corrected chi connectivity index (χ4v) is 5.61. The Balaban J connectivity index is 0.953. The molecule has 5 heterocycles. The van der Waals surface area contributed by atoms with Crippen LogP contribution in [-0.2, 0) is 13.1 Å². The van der Waals surface area contributed by atoms with Crippen molar-refractivity contribution < 1.29 is 27.6 Å². The number of piperidine rings is 1. The van der Waals surface area contributed by atoms with E-state index in [9.17, 15) is 23.3 Å². The minimum absolute atomic E-state index is 0.00698. The summed E-state index contributed by atoms with van der Waals surface area (Å²) >= 11 is 0. The Bertz CT molecular complexity index is 1350. The molecule has 1 atom stereocenters. The topological polar surface area (TPSA) is 111 Å². The molecule has 11 nitrogen and oxygen atoms in total. The molecule has 3 aliphatic rings. The number of rotatable bonds is 7. The first-order valence-electron chi connectivity index (χ1n) is 13.0. The number of aromatic nitrogens is 3. The van der Waals surface area contributed by atoms with Gasteiger partial charge in [0.15, 0.2) is 0 Å². The van der Waals surface area contributed by atoms with Crippen LogP contribution < -0.4 is 24.6 Å². The third kappa shape index (κ3) is 5.62. The first kappa shape index (κ1) is 26.2. The van der Waals surface area contributed by atoms with Crippen LogP contribution in [0, 0.1) is 15.5 Å². The molecular weight excluding hydrogens is 531 g/mol. The summed E-state index contributed by atoms with van der Waals surface area (Å²) in [6.07, 6.45) is 0.617. The van der Waals surface area contributed by atoms with Crippen molar-refractivity contribution in [1.82, 2.24) is 19.9 Å². The van der Waals surface area contributed by atoms with Crippen LogP contribution in [0.15, 0.2) is 48.8 Å². The van der Waals surface area contributed by atoms with Gasteiger partial charge in [-0.1, -0.05) is 6.07 Å². The van der Waals surface area contributed by atoms with Crippen LogP contribution in [0.3, 0.4) is 0 Å². The number of nitrogens with zero attached hydrogens (tertiary/aromatic N) is 6. The van der Waals surface area contributed by atoms with Crippen LogP contribution in [0.1, 0.15) is 18.4 Å². The Kier molecular flexibility index (Phi) is 6.64. The molecule has 0 saturated carbocycles. The van der Waals surface area contributed by atoms with E-state index in [-0.39, 0.29) is 29.0 Å². The first-order chi connectivity index (χ1) is 19.1. The summed E-state index contributed by atoms with van der Waals surface area (Å²) in [5.41, 5.74) is 2.15. The molecule has 6 rings (SSSR count). The van der Waals surface area contributed by atoms with Gasteiger partial charge < -0.3 is 34.7 Å². The van der Waals surface area contributed by atoms with Gasteiger partial charge in [0.1, 0.15) is 24.4 Å². The predicted molar refractivity (Wildman–Crippen MR) is 138 cm³/mol. The highest BCUT2D eigenvalue weighted by atomic mass is 19.4. The van der Waals surface area contributed by atoms with Crippen LogP contribution in [0.2, 0.25) is 0 Å². The minimum atomic E-state index is -4.69. The lowest BCUT2D eigenvalue weighted by Gasteiger charge is -2.55. The molecule has 0 amide bonds. The zero-order valence-corrected chi connectivity index (χ0v) is 21.5. The monoisotopic (exact) mass is 559 g/mol. The molecule has 1 spiro atoms. The largest absolute Gasteiger partial charge is 0.573 e. The maximum absolute atomic E-state index is 12.4. The van der Waals surface area contributed by atoms with E-state index < -0.39 is 11.3 Å². The number of alkyl halides is 3. The summed E-state index contributed by atoms with van der Waals surface area (Å²) in [5, 5.41) is 14.3. The number of pyridine rings is 1. The second-order valence-corrected chi connectivity index (χ2v) is 10.6. The number of hydrogen-bond donors (Lipinski definition) is 1. The van der Waals surface area contributed by atoms with E-state index in [4.69, 9.17) is 4.74 Å². The molecular formula is C26H28F3N7O4. The zero-order chi connectivity index (χ0) is 27.9. The molecule has 3 aromatic rings. The summed E-state index contributed by atoms with van der Waals surface area (Å²) in [6, 6.07) is 10.4. The van der Waals surface area contributed by atoms with Crippen molar-refractivity contribution in [3.05, 3.63) is 64.5 Å². The Morgan fingerprint density at radius 1 is 1.12 bits per heavy atom. The lowest BCUT2D eigenvalue weighted by Crippen LogP contribution is -2.60. The third-order valence-electron chi connectivity index (χ3n) is 7.79. The highest BCUT2D eigenvalue weighted by Crippen LogP contribution is 2.43. The molecule has 14 heteroatoms. The fraction of sp³-hybridized carbons (Fsp3) is 0.462. The van der Waals surface area contributed by atoms with Gasteiger partial charge in [0, 0.05) is 61.6 Å². The molecule has 1 aromatic carbocycles. The number of nitro groups is 1. The number of fused-ring (bicyclic) bond motifs is 1. The molecule has 2 fully saturated rings. The first-order valence-corrected chi connectivity index (χ1v) is 13.0. The average Bonchev–Trinajstić information content (AvgIpc) is 3.35. The molecule has 2 saturated heterocycles. The minimum Gasteiger partial charge on any atom is -0.444 e. The van der Waals surface area contributed by atoms with Crippen molar-refractivity contribution in [1.29, 1.82) is 0 Å². The van der Waals surface area contributed by atoms with Crippen molar-refractivity contribution in [2.45, 2.75) is 38.3 Å². The van der Waals surface area contributed by atoms with Gasteiger partial charge in [0.05, 0.1) is 6.04 Å². The van der Waals surface area contributed by atoms with Crippen molar-refractivity contribution in [3.8, 4) is 11.8 Å². The lowest BCUT2D eigenvalue weighted by atomic mass is 9.71. The van der Waals surface area contributed by atoms with E-state index in [1.54, 1.807) is 16.7 Å². The van der Waals surface area contributed by atoms with Crippen molar-refractivity contribution in [3.63, 3.8) is 0 Å². The quantitative estimate of drug-likeness (QED) is 0.342. The van der Waals surface area contributed by atoms with E-state index in [1.165, 1.54) is 18.3 Å². The zero-order valence-electron chi connectivity index (χ0n) is 21.5. The molecule has 0 aliphatic carbocycles. The normalized spacial score (nSPS) is 20.0. The molecule has 2 aromatic heterocycles. The van der Waals surface area contributed by atoms with Crippen LogP contribution in [0.4, 0.5) is 30.5 Å². The Labute approximate surface area is 227 Å². The maximum atomic E-state index is 12.4. The van der Waals surface area contributed by atoms with Crippen molar-refractivity contribution in [2.24, 2.45) is 5.41 Å². The van der Waals surface area contributed by atoms with Crippen LogP contribution in [-0.4, -0.2) is 64.6 Å². The average molecular weight is 560 g/mol. The number of imidazole rings is 1. The van der Waals surface area contributed by atoms with E-state index in [0.29, 0.717) is 19.7 Å². The fourth-order valence-electron chi connectivity index (χ4n) is 5.61. The molecule has 212 valence electrons. The predicted octanol–water partition coefficient (Wildman–Crippen LogP) is 3.74.